The number of hydrogen-bond acceptors (Lipinski definition) is 7. The second kappa shape index (κ2) is 8.94. The molecule has 0 saturated carbocycles. The number of isocyanates is 1. The van der Waals surface area contributed by atoms with Gasteiger partial charge in [-0.1, -0.05) is 37.1 Å². The first-order chi connectivity index (χ1) is 15.4. The number of carbonyl (C=O) groups excluding carboxylic acids is 1. The summed E-state index contributed by atoms with van der Waals surface area (Å²) in [6, 6.07) is 8.56. The van der Waals surface area contributed by atoms with Gasteiger partial charge in [0.05, 0.1) is 5.69 Å². The third-order valence-electron chi connectivity index (χ3n) is 5.73. The van der Waals surface area contributed by atoms with E-state index in [1.165, 1.54) is 6.08 Å². The Kier molecular flexibility index (Phi) is 6.07. The van der Waals surface area contributed by atoms with Gasteiger partial charge in [0.15, 0.2) is 11.2 Å². The van der Waals surface area contributed by atoms with E-state index >= 15 is 0 Å². The van der Waals surface area contributed by atoms with E-state index in [-0.39, 0.29) is 17.2 Å². The summed E-state index contributed by atoms with van der Waals surface area (Å²) in [4.78, 5) is 44.6. The molecule has 1 saturated heterocycles. The molecule has 168 valence electrons. The first-order valence-electron chi connectivity index (χ1n) is 10.8. The number of imidazole rings is 1. The van der Waals surface area contributed by atoms with E-state index in [0.29, 0.717) is 30.6 Å². The number of aromatic nitrogens is 4. The number of piperidine rings is 1. The molecule has 10 nitrogen and oxygen atoms in total. The Morgan fingerprint density at radius 1 is 1.25 bits per heavy atom. The summed E-state index contributed by atoms with van der Waals surface area (Å²) in [5, 5.41) is 3.59. The Morgan fingerprint density at radius 2 is 2.00 bits per heavy atom. The van der Waals surface area contributed by atoms with Crippen LogP contribution in [0.25, 0.3) is 16.9 Å². The van der Waals surface area contributed by atoms with Crippen molar-refractivity contribution in [2.45, 2.75) is 45.7 Å². The molecule has 0 radical (unpaired) electrons. The first-order valence-corrected chi connectivity index (χ1v) is 10.8. The van der Waals surface area contributed by atoms with Crippen molar-refractivity contribution in [2.75, 3.05) is 18.0 Å². The van der Waals surface area contributed by atoms with Gasteiger partial charge in [-0.25, -0.2) is 14.2 Å². The molecule has 2 N–H and O–H groups in total. The molecule has 3 heterocycles. The van der Waals surface area contributed by atoms with Crippen molar-refractivity contribution in [3.8, 4) is 5.69 Å². The van der Waals surface area contributed by atoms with E-state index < -0.39 is 11.2 Å². The summed E-state index contributed by atoms with van der Waals surface area (Å²) in [7, 11) is 0. The molecule has 2 aromatic heterocycles. The summed E-state index contributed by atoms with van der Waals surface area (Å²) >= 11 is 0. The van der Waals surface area contributed by atoms with Crippen LogP contribution in [0, 0.1) is 5.92 Å². The minimum absolute atomic E-state index is 0.00160. The highest BCUT2D eigenvalue weighted by Gasteiger charge is 2.27. The topological polar surface area (TPSA) is 121 Å². The number of fused-ring (bicyclic) bond motifs is 1. The predicted molar refractivity (Wildman–Crippen MR) is 122 cm³/mol. The Balaban J connectivity index is 2.06. The standard InChI is InChI=1S/C22H27N7O3/c1-15(2)10-12-27-18-19(25-21(27)26-11-6-7-16(23)13-26)29(24-14-30)22(32)28(20(18)31)17-8-4-3-5-9-17/h3-5,8-9,15-16H,6-7,10-13,23H2,1-2H3. The highest BCUT2D eigenvalue weighted by atomic mass is 16.2. The molecule has 0 bridgehead atoms. The first kappa shape index (κ1) is 21.7. The zero-order chi connectivity index (χ0) is 22.8. The maximum atomic E-state index is 13.6. The van der Waals surface area contributed by atoms with Crippen molar-refractivity contribution in [2.24, 2.45) is 16.8 Å². The summed E-state index contributed by atoms with van der Waals surface area (Å²) in [6.45, 7) is 6.07. The van der Waals surface area contributed by atoms with Gasteiger partial charge < -0.3 is 15.2 Å². The minimum Gasteiger partial charge on any atom is -0.341 e. The van der Waals surface area contributed by atoms with Gasteiger partial charge in [-0.3, -0.25) is 4.79 Å². The van der Waals surface area contributed by atoms with Crippen LogP contribution in [-0.4, -0.2) is 44.0 Å². The molecule has 3 aromatic rings. The van der Waals surface area contributed by atoms with E-state index in [9.17, 15) is 14.4 Å². The monoisotopic (exact) mass is 437 g/mol. The summed E-state index contributed by atoms with van der Waals surface area (Å²) in [6.07, 6.45) is 4.05. The second-order valence-corrected chi connectivity index (χ2v) is 8.53. The molecule has 1 aliphatic heterocycles. The molecule has 1 atom stereocenters. The Morgan fingerprint density at radius 3 is 2.66 bits per heavy atom. The van der Waals surface area contributed by atoms with Gasteiger partial charge in [0.25, 0.3) is 11.6 Å². The Hall–Kier alpha value is -3.49. The zero-order valence-corrected chi connectivity index (χ0v) is 18.3. The van der Waals surface area contributed by atoms with Gasteiger partial charge in [0, 0.05) is 25.7 Å². The van der Waals surface area contributed by atoms with Gasteiger partial charge >= 0.3 is 5.69 Å². The highest BCUT2D eigenvalue weighted by Crippen LogP contribution is 2.24. The van der Waals surface area contributed by atoms with Crippen molar-refractivity contribution in [3.63, 3.8) is 0 Å². The third kappa shape index (κ3) is 3.90. The van der Waals surface area contributed by atoms with Crippen molar-refractivity contribution in [1.82, 2.24) is 18.8 Å². The lowest BCUT2D eigenvalue weighted by molar-refractivity contribution is 0.480. The molecule has 0 amide bonds. The van der Waals surface area contributed by atoms with Gasteiger partial charge in [0.1, 0.15) is 0 Å². The lowest BCUT2D eigenvalue weighted by Gasteiger charge is -2.32. The zero-order valence-electron chi connectivity index (χ0n) is 18.3. The Labute approximate surface area is 184 Å². The van der Waals surface area contributed by atoms with Crippen LogP contribution in [0.15, 0.2) is 45.0 Å². The molecule has 1 fully saturated rings. The van der Waals surface area contributed by atoms with Crippen LogP contribution in [-0.2, 0) is 11.3 Å². The summed E-state index contributed by atoms with van der Waals surface area (Å²) < 4.78 is 3.71. The number of nitrogens with two attached hydrogens (primary N) is 1. The maximum absolute atomic E-state index is 13.6. The molecule has 1 aliphatic rings. The van der Waals surface area contributed by atoms with Crippen LogP contribution in [0.2, 0.25) is 0 Å². The summed E-state index contributed by atoms with van der Waals surface area (Å²) in [5.74, 6) is 0.951. The molecular weight excluding hydrogens is 410 g/mol. The van der Waals surface area contributed by atoms with Gasteiger partial charge in [-0.2, -0.15) is 4.98 Å². The highest BCUT2D eigenvalue weighted by molar-refractivity contribution is 5.75. The normalized spacial score (nSPS) is 16.5. The molecular formula is C22H27N7O3. The number of para-hydroxylation sites is 1. The minimum atomic E-state index is -0.771. The fourth-order valence-corrected chi connectivity index (χ4v) is 4.13. The molecule has 10 heteroatoms. The van der Waals surface area contributed by atoms with Crippen LogP contribution >= 0.6 is 0 Å². The van der Waals surface area contributed by atoms with Crippen molar-refractivity contribution in [3.05, 3.63) is 51.2 Å². The Bertz CT molecular complexity index is 1280. The molecule has 1 aromatic carbocycles. The van der Waals surface area contributed by atoms with Gasteiger partial charge in [-0.05, 0) is 37.3 Å². The van der Waals surface area contributed by atoms with Gasteiger partial charge in [0.2, 0.25) is 5.95 Å². The predicted octanol–water partition coefficient (Wildman–Crippen LogP) is 1.42. The van der Waals surface area contributed by atoms with Crippen LogP contribution in [0.5, 0.6) is 0 Å². The fourth-order valence-electron chi connectivity index (χ4n) is 4.13. The summed E-state index contributed by atoms with van der Waals surface area (Å²) in [5.41, 5.74) is 5.58. The number of rotatable bonds is 6. The molecule has 0 aliphatic carbocycles. The number of anilines is 1. The quantitative estimate of drug-likeness (QED) is 0.460. The molecule has 0 spiro atoms. The van der Waals surface area contributed by atoms with Crippen molar-refractivity contribution < 1.29 is 4.79 Å². The van der Waals surface area contributed by atoms with Crippen LogP contribution in [0.3, 0.4) is 0 Å². The number of aryl methyl sites for hydroxylation is 1. The van der Waals surface area contributed by atoms with Crippen LogP contribution in [0.1, 0.15) is 33.1 Å². The second-order valence-electron chi connectivity index (χ2n) is 8.53. The third-order valence-corrected chi connectivity index (χ3v) is 5.73. The largest absolute Gasteiger partial charge is 0.359 e. The smallest absolute Gasteiger partial charge is 0.341 e. The average molecular weight is 438 g/mol. The van der Waals surface area contributed by atoms with E-state index in [4.69, 9.17) is 5.73 Å². The molecule has 32 heavy (non-hydrogen) atoms. The SMILES string of the molecule is CC(C)CCn1c(N2CCCC(N)C2)nc2c1c(=O)n(-c1ccccc1)c(=O)n2N=C=O. The fraction of sp³-hybridized carbons (Fsp3) is 0.455. The molecule has 4 rings (SSSR count). The lowest BCUT2D eigenvalue weighted by atomic mass is 10.1. The van der Waals surface area contributed by atoms with Crippen LogP contribution < -0.4 is 21.9 Å². The number of nitrogens with zero attached hydrogens (tertiary/aromatic N) is 6. The van der Waals surface area contributed by atoms with Crippen LogP contribution in [0.4, 0.5) is 5.95 Å². The molecule has 1 unspecified atom stereocenters. The van der Waals surface area contributed by atoms with Crippen molar-refractivity contribution in [1.29, 1.82) is 0 Å². The number of hydrogen-bond donors (Lipinski definition) is 1. The van der Waals surface area contributed by atoms with E-state index in [0.717, 1.165) is 35.1 Å². The van der Waals surface area contributed by atoms with Gasteiger partial charge in [-0.15, -0.1) is 4.68 Å². The van der Waals surface area contributed by atoms with E-state index in [1.54, 1.807) is 30.3 Å². The van der Waals surface area contributed by atoms with E-state index in [1.807, 2.05) is 9.47 Å². The number of benzene rings is 1. The lowest BCUT2D eigenvalue weighted by Crippen LogP contribution is -2.44. The van der Waals surface area contributed by atoms with E-state index in [2.05, 4.69) is 23.9 Å². The maximum Gasteiger partial charge on any atom is 0.359 e. The average Bonchev–Trinajstić information content (AvgIpc) is 3.16. The van der Waals surface area contributed by atoms with Crippen molar-refractivity contribution >= 4 is 23.2 Å².